The van der Waals surface area contributed by atoms with Crippen molar-refractivity contribution < 1.29 is 9.15 Å². The molecule has 3 heteroatoms. The molecule has 1 aromatic heterocycles. The highest BCUT2D eigenvalue weighted by molar-refractivity contribution is 5.15. The lowest BCUT2D eigenvalue weighted by Gasteiger charge is -2.25. The zero-order chi connectivity index (χ0) is 9.80. The van der Waals surface area contributed by atoms with E-state index in [1.807, 2.05) is 13.1 Å². The van der Waals surface area contributed by atoms with E-state index in [2.05, 4.69) is 5.32 Å². The molecule has 78 valence electrons. The number of hydrogen-bond donors (Lipinski definition) is 1. The Balaban J connectivity index is 1.84. The van der Waals surface area contributed by atoms with Crippen LogP contribution < -0.4 is 5.32 Å². The molecule has 0 spiro atoms. The normalized spacial score (nSPS) is 16.9. The second-order valence-corrected chi connectivity index (χ2v) is 3.76. The minimum Gasteiger partial charge on any atom is -0.467 e. The first-order chi connectivity index (χ1) is 6.90. The summed E-state index contributed by atoms with van der Waals surface area (Å²) in [5, 5.41) is 3.11. The molecule has 0 bridgehead atoms. The van der Waals surface area contributed by atoms with Crippen LogP contribution in [0.15, 0.2) is 16.7 Å². The summed E-state index contributed by atoms with van der Waals surface area (Å²) in [4.78, 5) is 0. The smallest absolute Gasteiger partial charge is 0.133 e. The van der Waals surface area contributed by atoms with Crippen molar-refractivity contribution in [1.82, 2.24) is 5.32 Å². The summed E-state index contributed by atoms with van der Waals surface area (Å²) >= 11 is 0. The Hall–Kier alpha value is -0.800. The molecule has 0 unspecified atom stereocenters. The fourth-order valence-electron chi connectivity index (χ4n) is 1.57. The lowest BCUT2D eigenvalue weighted by molar-refractivity contribution is -0.0161. The lowest BCUT2D eigenvalue weighted by Crippen LogP contribution is -2.21. The van der Waals surface area contributed by atoms with Crippen molar-refractivity contribution in [3.8, 4) is 0 Å². The van der Waals surface area contributed by atoms with E-state index in [1.54, 1.807) is 6.26 Å². The predicted molar refractivity (Wildman–Crippen MR) is 53.9 cm³/mol. The summed E-state index contributed by atoms with van der Waals surface area (Å²) in [5.74, 6) is 0.964. The minimum atomic E-state index is 0.475. The van der Waals surface area contributed by atoms with E-state index in [4.69, 9.17) is 9.15 Å². The van der Waals surface area contributed by atoms with Gasteiger partial charge >= 0.3 is 0 Å². The zero-order valence-corrected chi connectivity index (χ0v) is 8.58. The molecule has 2 rings (SSSR count). The van der Waals surface area contributed by atoms with Crippen molar-refractivity contribution in [1.29, 1.82) is 0 Å². The SMILES string of the molecule is CNCc1ccoc1COC1CCC1. The molecule has 0 aliphatic heterocycles. The van der Waals surface area contributed by atoms with Crippen molar-refractivity contribution in [3.05, 3.63) is 23.7 Å². The van der Waals surface area contributed by atoms with Gasteiger partial charge in [0, 0.05) is 12.1 Å². The fourth-order valence-corrected chi connectivity index (χ4v) is 1.57. The van der Waals surface area contributed by atoms with Crippen LogP contribution in [-0.4, -0.2) is 13.2 Å². The summed E-state index contributed by atoms with van der Waals surface area (Å²) in [5.41, 5.74) is 1.20. The molecular weight excluding hydrogens is 178 g/mol. The van der Waals surface area contributed by atoms with E-state index in [9.17, 15) is 0 Å². The molecule has 1 saturated carbocycles. The summed E-state index contributed by atoms with van der Waals surface area (Å²) in [6.45, 7) is 1.47. The largest absolute Gasteiger partial charge is 0.467 e. The van der Waals surface area contributed by atoms with Crippen LogP contribution in [0.1, 0.15) is 30.6 Å². The Bertz CT molecular complexity index is 279. The van der Waals surface area contributed by atoms with Gasteiger partial charge in [0.2, 0.25) is 0 Å². The maximum atomic E-state index is 5.69. The Kier molecular flexibility index (Phi) is 3.22. The van der Waals surface area contributed by atoms with E-state index in [0.717, 1.165) is 12.3 Å². The van der Waals surface area contributed by atoms with Gasteiger partial charge in [0.05, 0.1) is 12.4 Å². The van der Waals surface area contributed by atoms with Crippen LogP contribution >= 0.6 is 0 Å². The quantitative estimate of drug-likeness (QED) is 0.781. The first-order valence-corrected chi connectivity index (χ1v) is 5.21. The van der Waals surface area contributed by atoms with Crippen molar-refractivity contribution in [2.45, 2.75) is 38.5 Å². The van der Waals surface area contributed by atoms with Crippen LogP contribution in [0.5, 0.6) is 0 Å². The monoisotopic (exact) mass is 195 g/mol. The standard InChI is InChI=1S/C11H17NO2/c1-12-7-9-5-6-13-11(9)8-14-10-3-2-4-10/h5-6,10,12H,2-4,7-8H2,1H3. The Labute approximate surface area is 84.4 Å². The highest BCUT2D eigenvalue weighted by atomic mass is 16.5. The van der Waals surface area contributed by atoms with Gasteiger partial charge in [-0.15, -0.1) is 0 Å². The number of hydrogen-bond acceptors (Lipinski definition) is 3. The van der Waals surface area contributed by atoms with Crippen LogP contribution in [0.25, 0.3) is 0 Å². The Morgan fingerprint density at radius 2 is 2.43 bits per heavy atom. The molecule has 1 aliphatic carbocycles. The number of furan rings is 1. The minimum absolute atomic E-state index is 0.475. The van der Waals surface area contributed by atoms with Crippen LogP contribution in [0.3, 0.4) is 0 Å². The number of nitrogens with one attached hydrogen (secondary N) is 1. The Morgan fingerprint density at radius 3 is 3.07 bits per heavy atom. The summed E-state index contributed by atoms with van der Waals surface area (Å²) < 4.78 is 11.1. The molecule has 14 heavy (non-hydrogen) atoms. The van der Waals surface area contributed by atoms with Gasteiger partial charge in [-0.2, -0.15) is 0 Å². The molecule has 0 amide bonds. The number of ether oxygens (including phenoxy) is 1. The first kappa shape index (κ1) is 9.74. The van der Waals surface area contributed by atoms with E-state index in [0.29, 0.717) is 12.7 Å². The topological polar surface area (TPSA) is 34.4 Å². The lowest BCUT2D eigenvalue weighted by atomic mass is 9.96. The van der Waals surface area contributed by atoms with Crippen LogP contribution in [-0.2, 0) is 17.9 Å². The molecule has 0 saturated heterocycles. The van der Waals surface area contributed by atoms with E-state index >= 15 is 0 Å². The third-order valence-corrected chi connectivity index (χ3v) is 2.71. The second kappa shape index (κ2) is 4.62. The average molecular weight is 195 g/mol. The molecule has 1 aromatic rings. The summed E-state index contributed by atoms with van der Waals surface area (Å²) in [6.07, 6.45) is 5.94. The van der Waals surface area contributed by atoms with Gasteiger partial charge in [0.25, 0.3) is 0 Å². The van der Waals surface area contributed by atoms with E-state index in [1.165, 1.54) is 24.8 Å². The van der Waals surface area contributed by atoms with Gasteiger partial charge in [-0.05, 0) is 32.4 Å². The average Bonchev–Trinajstić information content (AvgIpc) is 2.51. The van der Waals surface area contributed by atoms with Gasteiger partial charge in [-0.25, -0.2) is 0 Å². The third-order valence-electron chi connectivity index (χ3n) is 2.71. The van der Waals surface area contributed by atoms with Gasteiger partial charge < -0.3 is 14.5 Å². The predicted octanol–water partition coefficient (Wildman–Crippen LogP) is 2.07. The molecule has 0 radical (unpaired) electrons. The van der Waals surface area contributed by atoms with Crippen molar-refractivity contribution in [3.63, 3.8) is 0 Å². The molecule has 1 aliphatic rings. The van der Waals surface area contributed by atoms with Crippen LogP contribution in [0, 0.1) is 0 Å². The number of rotatable bonds is 5. The zero-order valence-electron chi connectivity index (χ0n) is 8.58. The van der Waals surface area contributed by atoms with Crippen LogP contribution in [0.2, 0.25) is 0 Å². The fraction of sp³-hybridized carbons (Fsp3) is 0.636. The molecule has 1 fully saturated rings. The maximum Gasteiger partial charge on any atom is 0.133 e. The van der Waals surface area contributed by atoms with E-state index in [-0.39, 0.29) is 0 Å². The summed E-state index contributed by atoms with van der Waals surface area (Å²) in [6, 6.07) is 2.00. The van der Waals surface area contributed by atoms with Gasteiger partial charge in [-0.1, -0.05) is 0 Å². The molecule has 0 aromatic carbocycles. The first-order valence-electron chi connectivity index (χ1n) is 5.21. The summed E-state index contributed by atoms with van der Waals surface area (Å²) in [7, 11) is 1.93. The molecule has 1 heterocycles. The maximum absolute atomic E-state index is 5.69. The highest BCUT2D eigenvalue weighted by Crippen LogP contribution is 2.23. The molecule has 3 nitrogen and oxygen atoms in total. The molecular formula is C11H17NO2. The van der Waals surface area contributed by atoms with Crippen molar-refractivity contribution in [2.75, 3.05) is 7.05 Å². The second-order valence-electron chi connectivity index (χ2n) is 3.76. The van der Waals surface area contributed by atoms with Crippen molar-refractivity contribution >= 4 is 0 Å². The highest BCUT2D eigenvalue weighted by Gasteiger charge is 2.18. The third kappa shape index (κ3) is 2.16. The van der Waals surface area contributed by atoms with Crippen LogP contribution in [0.4, 0.5) is 0 Å². The van der Waals surface area contributed by atoms with Gasteiger partial charge in [0.15, 0.2) is 0 Å². The van der Waals surface area contributed by atoms with Gasteiger partial charge in [-0.3, -0.25) is 0 Å². The molecule has 1 N–H and O–H groups in total. The van der Waals surface area contributed by atoms with Gasteiger partial charge in [0.1, 0.15) is 12.4 Å². The Morgan fingerprint density at radius 1 is 1.57 bits per heavy atom. The van der Waals surface area contributed by atoms with Crippen molar-refractivity contribution in [2.24, 2.45) is 0 Å². The van der Waals surface area contributed by atoms with E-state index < -0.39 is 0 Å². The molecule has 0 atom stereocenters.